The zero-order chi connectivity index (χ0) is 15.9. The van der Waals surface area contributed by atoms with Gasteiger partial charge in [-0.05, 0) is 51.2 Å². The van der Waals surface area contributed by atoms with Crippen LogP contribution in [0.1, 0.15) is 31.4 Å². The van der Waals surface area contributed by atoms with E-state index in [9.17, 15) is 4.79 Å². The molecule has 1 unspecified atom stereocenters. The molecule has 5 heteroatoms. The van der Waals surface area contributed by atoms with Crippen LogP contribution in [0.2, 0.25) is 5.02 Å². The second-order valence-corrected chi connectivity index (χ2v) is 6.32. The first-order chi connectivity index (χ1) is 10.6. The number of hydrogen-bond donors (Lipinski definition) is 1. The zero-order valence-electron chi connectivity index (χ0n) is 13.5. The Balaban J connectivity index is 2.03. The van der Waals surface area contributed by atoms with E-state index in [4.69, 9.17) is 11.6 Å². The minimum absolute atomic E-state index is 0.0700. The molecule has 1 amide bonds. The van der Waals surface area contributed by atoms with E-state index < -0.39 is 0 Å². The fraction of sp³-hybridized carbons (Fsp3) is 0.588. The van der Waals surface area contributed by atoms with Crippen molar-refractivity contribution in [1.29, 1.82) is 0 Å². The number of rotatable bonds is 7. The Kier molecular flexibility index (Phi) is 6.68. The average molecular weight is 324 g/mol. The van der Waals surface area contributed by atoms with Crippen LogP contribution in [0.15, 0.2) is 24.3 Å². The number of likely N-dealkylation sites (tertiary alicyclic amines) is 1. The van der Waals surface area contributed by atoms with Gasteiger partial charge in [-0.15, -0.1) is 0 Å². The number of nitrogens with zero attached hydrogens (tertiary/aromatic N) is 2. The zero-order valence-corrected chi connectivity index (χ0v) is 14.3. The predicted molar refractivity (Wildman–Crippen MR) is 91.2 cm³/mol. The van der Waals surface area contributed by atoms with Gasteiger partial charge in [0.05, 0.1) is 12.6 Å². The highest BCUT2D eigenvalue weighted by molar-refractivity contribution is 6.31. The number of hydrogen-bond acceptors (Lipinski definition) is 3. The van der Waals surface area contributed by atoms with E-state index in [-0.39, 0.29) is 11.9 Å². The van der Waals surface area contributed by atoms with Gasteiger partial charge in [-0.3, -0.25) is 14.6 Å². The molecule has 1 aliphatic rings. The normalized spacial score (nSPS) is 16.9. The maximum atomic E-state index is 12.0. The molecule has 1 N–H and O–H groups in total. The number of benzene rings is 1. The second-order valence-electron chi connectivity index (χ2n) is 5.91. The Labute approximate surface area is 138 Å². The van der Waals surface area contributed by atoms with E-state index >= 15 is 0 Å². The lowest BCUT2D eigenvalue weighted by Gasteiger charge is -2.29. The van der Waals surface area contributed by atoms with E-state index in [2.05, 4.69) is 16.3 Å². The summed E-state index contributed by atoms with van der Waals surface area (Å²) in [6, 6.07) is 8.10. The van der Waals surface area contributed by atoms with Gasteiger partial charge in [-0.2, -0.15) is 0 Å². The van der Waals surface area contributed by atoms with Crippen molar-refractivity contribution < 1.29 is 4.79 Å². The summed E-state index contributed by atoms with van der Waals surface area (Å²) in [7, 11) is 1.95. The quantitative estimate of drug-likeness (QED) is 0.837. The molecule has 0 aromatic heterocycles. The predicted octanol–water partition coefficient (Wildman–Crippen LogP) is 2.54. The molecule has 2 rings (SSSR count). The maximum Gasteiger partial charge on any atom is 0.234 e. The number of halogens is 1. The van der Waals surface area contributed by atoms with Crippen molar-refractivity contribution >= 4 is 17.5 Å². The molecule has 1 aliphatic heterocycles. The molecule has 1 heterocycles. The summed E-state index contributed by atoms with van der Waals surface area (Å²) >= 11 is 6.37. The van der Waals surface area contributed by atoms with Crippen LogP contribution in [0.25, 0.3) is 0 Å². The van der Waals surface area contributed by atoms with Gasteiger partial charge in [0.15, 0.2) is 0 Å². The number of carbonyl (C=O) groups excluding carboxylic acids is 1. The first kappa shape index (κ1) is 17.3. The number of amides is 1. The highest BCUT2D eigenvalue weighted by Gasteiger charge is 2.25. The van der Waals surface area contributed by atoms with Crippen LogP contribution in [0.3, 0.4) is 0 Å². The highest BCUT2D eigenvalue weighted by atomic mass is 35.5. The summed E-state index contributed by atoms with van der Waals surface area (Å²) in [5.74, 6) is 0.0700. The Morgan fingerprint density at radius 2 is 2.05 bits per heavy atom. The lowest BCUT2D eigenvalue weighted by atomic mass is 10.1. The van der Waals surface area contributed by atoms with Gasteiger partial charge in [-0.25, -0.2) is 0 Å². The monoisotopic (exact) mass is 323 g/mol. The third-order valence-electron chi connectivity index (χ3n) is 4.29. The standard InChI is InChI=1S/C17H26ClN3O/c1-3-20(2)13-17(22)19-12-16(21-10-6-7-11-21)14-8-4-5-9-15(14)18/h4-5,8-9,16H,3,6-7,10-13H2,1-2H3,(H,19,22). The van der Waals surface area contributed by atoms with Gasteiger partial charge in [0.25, 0.3) is 0 Å². The molecule has 122 valence electrons. The fourth-order valence-electron chi connectivity index (χ4n) is 2.86. The SMILES string of the molecule is CCN(C)CC(=O)NCC(c1ccccc1Cl)N1CCCC1. The van der Waals surface area contributed by atoms with Crippen molar-refractivity contribution in [3.63, 3.8) is 0 Å². The molecule has 1 aromatic rings. The molecular formula is C17H26ClN3O. The van der Waals surface area contributed by atoms with Crippen molar-refractivity contribution in [3.8, 4) is 0 Å². The summed E-state index contributed by atoms with van der Waals surface area (Å²) in [4.78, 5) is 16.5. The van der Waals surface area contributed by atoms with Gasteiger partial charge >= 0.3 is 0 Å². The van der Waals surface area contributed by atoms with Crippen LogP contribution in [0.5, 0.6) is 0 Å². The second kappa shape index (κ2) is 8.51. The highest BCUT2D eigenvalue weighted by Crippen LogP contribution is 2.29. The lowest BCUT2D eigenvalue weighted by Crippen LogP contribution is -2.40. The molecule has 0 bridgehead atoms. The summed E-state index contributed by atoms with van der Waals surface area (Å²) in [6.07, 6.45) is 2.43. The molecule has 4 nitrogen and oxygen atoms in total. The molecule has 1 atom stereocenters. The van der Waals surface area contributed by atoms with Crippen LogP contribution in [-0.2, 0) is 4.79 Å². The molecule has 0 aliphatic carbocycles. The first-order valence-corrected chi connectivity index (χ1v) is 8.43. The average Bonchev–Trinajstić information content (AvgIpc) is 3.03. The summed E-state index contributed by atoms with van der Waals surface area (Å²) < 4.78 is 0. The smallest absolute Gasteiger partial charge is 0.234 e. The van der Waals surface area contributed by atoms with Crippen LogP contribution in [0.4, 0.5) is 0 Å². The Hall–Kier alpha value is -1.10. The number of nitrogens with one attached hydrogen (secondary N) is 1. The fourth-order valence-corrected chi connectivity index (χ4v) is 3.12. The van der Waals surface area contributed by atoms with E-state index in [0.717, 1.165) is 30.2 Å². The molecule has 0 radical (unpaired) electrons. The minimum Gasteiger partial charge on any atom is -0.353 e. The summed E-state index contributed by atoms with van der Waals surface area (Å²) in [6.45, 7) is 6.10. The van der Waals surface area contributed by atoms with Gasteiger partial charge in [0, 0.05) is 11.6 Å². The third kappa shape index (κ3) is 4.70. The van der Waals surface area contributed by atoms with E-state index in [1.54, 1.807) is 0 Å². The first-order valence-electron chi connectivity index (χ1n) is 8.05. The third-order valence-corrected chi connectivity index (χ3v) is 4.64. The van der Waals surface area contributed by atoms with Crippen molar-refractivity contribution in [2.45, 2.75) is 25.8 Å². The molecule has 0 saturated carbocycles. The van der Waals surface area contributed by atoms with Crippen LogP contribution >= 0.6 is 11.6 Å². The Morgan fingerprint density at radius 3 is 2.68 bits per heavy atom. The number of carbonyl (C=O) groups is 1. The van der Waals surface area contributed by atoms with Crippen LogP contribution < -0.4 is 5.32 Å². The van der Waals surface area contributed by atoms with E-state index in [0.29, 0.717) is 13.1 Å². The van der Waals surface area contributed by atoms with Crippen LogP contribution in [-0.4, -0.2) is 55.5 Å². The molecule has 22 heavy (non-hydrogen) atoms. The van der Waals surface area contributed by atoms with Gasteiger partial charge < -0.3 is 5.32 Å². The Bertz CT molecular complexity index is 489. The van der Waals surface area contributed by atoms with Crippen LogP contribution in [0, 0.1) is 0 Å². The summed E-state index contributed by atoms with van der Waals surface area (Å²) in [5, 5.41) is 3.85. The van der Waals surface area contributed by atoms with E-state index in [1.807, 2.05) is 37.1 Å². The Morgan fingerprint density at radius 1 is 1.36 bits per heavy atom. The molecular weight excluding hydrogens is 298 g/mol. The maximum absolute atomic E-state index is 12.0. The van der Waals surface area contributed by atoms with E-state index in [1.165, 1.54) is 12.8 Å². The van der Waals surface area contributed by atoms with Gasteiger partial charge in [0.1, 0.15) is 0 Å². The van der Waals surface area contributed by atoms with Gasteiger partial charge in [-0.1, -0.05) is 36.7 Å². The van der Waals surface area contributed by atoms with Crippen molar-refractivity contribution in [2.24, 2.45) is 0 Å². The lowest BCUT2D eigenvalue weighted by molar-refractivity contribution is -0.122. The summed E-state index contributed by atoms with van der Waals surface area (Å²) in [5.41, 5.74) is 1.11. The van der Waals surface area contributed by atoms with Crippen molar-refractivity contribution in [2.75, 3.05) is 39.8 Å². The number of likely N-dealkylation sites (N-methyl/N-ethyl adjacent to an activating group) is 1. The largest absolute Gasteiger partial charge is 0.353 e. The molecule has 1 aromatic carbocycles. The van der Waals surface area contributed by atoms with Gasteiger partial charge in [0.2, 0.25) is 5.91 Å². The minimum atomic E-state index is 0.0700. The molecule has 1 saturated heterocycles. The van der Waals surface area contributed by atoms with Crippen molar-refractivity contribution in [1.82, 2.24) is 15.1 Å². The molecule has 0 spiro atoms. The molecule has 1 fully saturated rings. The topological polar surface area (TPSA) is 35.6 Å². The van der Waals surface area contributed by atoms with Crippen molar-refractivity contribution in [3.05, 3.63) is 34.9 Å².